The third-order valence-corrected chi connectivity index (χ3v) is 4.48. The van der Waals surface area contributed by atoms with E-state index < -0.39 is 0 Å². The van der Waals surface area contributed by atoms with Crippen molar-refractivity contribution in [1.29, 1.82) is 0 Å². The van der Waals surface area contributed by atoms with E-state index in [1.165, 1.54) is 11.1 Å². The predicted molar refractivity (Wildman–Crippen MR) is 87.5 cm³/mol. The van der Waals surface area contributed by atoms with E-state index in [0.29, 0.717) is 5.69 Å². The van der Waals surface area contributed by atoms with Crippen LogP contribution in [0.4, 0.5) is 0 Å². The summed E-state index contributed by atoms with van der Waals surface area (Å²) in [6.07, 6.45) is 3.98. The van der Waals surface area contributed by atoms with E-state index in [0.717, 1.165) is 17.3 Å². The summed E-state index contributed by atoms with van der Waals surface area (Å²) in [5, 5.41) is 3.18. The molecule has 1 amide bonds. The summed E-state index contributed by atoms with van der Waals surface area (Å²) >= 11 is 3.46. The third-order valence-electron chi connectivity index (χ3n) is 4.04. The average Bonchev–Trinajstić information content (AvgIpc) is 3.03. The van der Waals surface area contributed by atoms with Crippen LogP contribution in [0.25, 0.3) is 0 Å². The molecule has 1 aromatic carbocycles. The lowest BCUT2D eigenvalue weighted by Crippen LogP contribution is -2.29. The van der Waals surface area contributed by atoms with Gasteiger partial charge in [0.1, 0.15) is 5.69 Å². The first kappa shape index (κ1) is 14.4. The Morgan fingerprint density at radius 3 is 2.90 bits per heavy atom. The fourth-order valence-corrected chi connectivity index (χ4v) is 3.43. The number of carbonyl (C=O) groups is 1. The van der Waals surface area contributed by atoms with Gasteiger partial charge in [0.2, 0.25) is 0 Å². The molecular weight excluding hydrogens is 328 g/mol. The summed E-state index contributed by atoms with van der Waals surface area (Å²) in [5.41, 5.74) is 3.32. The first-order valence-corrected chi connectivity index (χ1v) is 8.11. The molecule has 4 heteroatoms. The molecule has 0 spiro atoms. The summed E-state index contributed by atoms with van der Waals surface area (Å²) in [7, 11) is 0. The summed E-state index contributed by atoms with van der Waals surface area (Å²) in [6, 6.07) is 10.6. The lowest BCUT2D eigenvalue weighted by Gasteiger charge is -2.17. The number of aryl methyl sites for hydroxylation is 1. The minimum absolute atomic E-state index is 0.00361. The zero-order valence-corrected chi connectivity index (χ0v) is 13.9. The zero-order valence-electron chi connectivity index (χ0n) is 12.3. The summed E-state index contributed by atoms with van der Waals surface area (Å²) < 4.78 is 2.94. The summed E-state index contributed by atoms with van der Waals surface area (Å²) in [4.78, 5) is 12.6. The molecule has 3 nitrogen and oxygen atoms in total. The molecule has 0 aliphatic heterocycles. The number of halogens is 1. The van der Waals surface area contributed by atoms with Crippen molar-refractivity contribution in [2.75, 3.05) is 0 Å². The molecule has 1 aliphatic carbocycles. The van der Waals surface area contributed by atoms with Crippen LogP contribution in [0.3, 0.4) is 0 Å². The van der Waals surface area contributed by atoms with Crippen LogP contribution in [0, 0.1) is 0 Å². The monoisotopic (exact) mass is 346 g/mol. The van der Waals surface area contributed by atoms with E-state index in [9.17, 15) is 4.79 Å². The van der Waals surface area contributed by atoms with Gasteiger partial charge in [-0.05, 0) is 59.8 Å². The molecule has 3 rings (SSSR count). The Bertz CT molecular complexity index is 675. The van der Waals surface area contributed by atoms with Gasteiger partial charge in [-0.2, -0.15) is 0 Å². The minimum atomic E-state index is -0.00361. The highest BCUT2D eigenvalue weighted by Crippen LogP contribution is 2.31. The summed E-state index contributed by atoms with van der Waals surface area (Å²) in [6.45, 7) is 4.15. The molecule has 1 aliphatic rings. The predicted octanol–water partition coefficient (Wildman–Crippen LogP) is 4.25. The van der Waals surface area contributed by atoms with Gasteiger partial charge in [0, 0.05) is 16.7 Å². The van der Waals surface area contributed by atoms with Gasteiger partial charge in [0.15, 0.2) is 0 Å². The Balaban J connectivity index is 1.82. The number of nitrogens with one attached hydrogen (secondary N) is 1. The highest BCUT2D eigenvalue weighted by atomic mass is 79.9. The molecule has 2 aromatic rings. The van der Waals surface area contributed by atoms with Crippen molar-refractivity contribution >= 4 is 21.8 Å². The van der Waals surface area contributed by atoms with Crippen molar-refractivity contribution in [2.24, 2.45) is 0 Å². The van der Waals surface area contributed by atoms with Crippen LogP contribution in [0.1, 0.15) is 54.0 Å². The number of aromatic nitrogens is 1. The topological polar surface area (TPSA) is 34.0 Å². The van der Waals surface area contributed by atoms with Crippen molar-refractivity contribution in [1.82, 2.24) is 9.88 Å². The Labute approximate surface area is 133 Å². The first-order valence-electron chi connectivity index (χ1n) is 7.32. The maximum Gasteiger partial charge on any atom is 0.268 e. The Morgan fingerprint density at radius 2 is 2.14 bits per heavy atom. The van der Waals surface area contributed by atoms with Crippen molar-refractivity contribution in [3.8, 4) is 0 Å². The van der Waals surface area contributed by atoms with Crippen LogP contribution in [0.2, 0.25) is 0 Å². The molecule has 1 heterocycles. The molecule has 0 saturated carbocycles. The van der Waals surface area contributed by atoms with E-state index in [4.69, 9.17) is 0 Å². The standard InChI is InChI=1S/C17H19BrN2O/c1-11(2)20-10-13(18)9-16(20)17(21)19-15-8-7-12-5-3-4-6-14(12)15/h3-6,9-11,15H,7-8H2,1-2H3,(H,19,21). The van der Waals surface area contributed by atoms with Crippen LogP contribution in [-0.4, -0.2) is 10.5 Å². The number of benzene rings is 1. The van der Waals surface area contributed by atoms with Gasteiger partial charge >= 0.3 is 0 Å². The highest BCUT2D eigenvalue weighted by molar-refractivity contribution is 9.10. The van der Waals surface area contributed by atoms with Gasteiger partial charge in [0.25, 0.3) is 5.91 Å². The van der Waals surface area contributed by atoms with E-state index in [2.05, 4.69) is 53.3 Å². The Kier molecular flexibility index (Phi) is 3.89. The number of nitrogens with zero attached hydrogens (tertiary/aromatic N) is 1. The van der Waals surface area contributed by atoms with Gasteiger partial charge in [-0.25, -0.2) is 0 Å². The van der Waals surface area contributed by atoms with E-state index in [1.807, 2.05) is 22.9 Å². The van der Waals surface area contributed by atoms with Crippen LogP contribution in [0.15, 0.2) is 41.0 Å². The molecule has 0 radical (unpaired) electrons. The molecule has 1 N–H and O–H groups in total. The number of rotatable bonds is 3. The first-order chi connectivity index (χ1) is 10.1. The van der Waals surface area contributed by atoms with Gasteiger partial charge in [-0.15, -0.1) is 0 Å². The lowest BCUT2D eigenvalue weighted by atomic mass is 10.1. The van der Waals surface area contributed by atoms with Gasteiger partial charge in [-0.3, -0.25) is 4.79 Å². The fourth-order valence-electron chi connectivity index (χ4n) is 2.99. The quantitative estimate of drug-likeness (QED) is 0.885. The van der Waals surface area contributed by atoms with Gasteiger partial charge < -0.3 is 9.88 Å². The van der Waals surface area contributed by atoms with Crippen molar-refractivity contribution in [2.45, 2.75) is 38.8 Å². The van der Waals surface area contributed by atoms with Crippen LogP contribution in [-0.2, 0) is 6.42 Å². The second-order valence-corrected chi connectivity index (χ2v) is 6.72. The van der Waals surface area contributed by atoms with Crippen LogP contribution in [0.5, 0.6) is 0 Å². The third kappa shape index (κ3) is 2.77. The maximum absolute atomic E-state index is 12.6. The van der Waals surface area contributed by atoms with E-state index in [-0.39, 0.29) is 18.0 Å². The van der Waals surface area contributed by atoms with Gasteiger partial charge in [0.05, 0.1) is 6.04 Å². The summed E-state index contributed by atoms with van der Waals surface area (Å²) in [5.74, 6) is -0.00361. The smallest absolute Gasteiger partial charge is 0.268 e. The van der Waals surface area contributed by atoms with Gasteiger partial charge in [-0.1, -0.05) is 24.3 Å². The fraction of sp³-hybridized carbons (Fsp3) is 0.353. The minimum Gasteiger partial charge on any atom is -0.344 e. The SMILES string of the molecule is CC(C)n1cc(Br)cc1C(=O)NC1CCc2ccccc21. The molecule has 21 heavy (non-hydrogen) atoms. The molecule has 110 valence electrons. The van der Waals surface area contributed by atoms with E-state index >= 15 is 0 Å². The normalized spacial score (nSPS) is 17.0. The molecule has 0 fully saturated rings. The van der Waals surface area contributed by atoms with Crippen molar-refractivity contribution < 1.29 is 4.79 Å². The Morgan fingerprint density at radius 1 is 1.38 bits per heavy atom. The average molecular weight is 347 g/mol. The van der Waals surface area contributed by atoms with Crippen LogP contribution < -0.4 is 5.32 Å². The largest absolute Gasteiger partial charge is 0.344 e. The number of carbonyl (C=O) groups excluding carboxylic acids is 1. The number of hydrogen-bond donors (Lipinski definition) is 1. The highest BCUT2D eigenvalue weighted by Gasteiger charge is 2.25. The molecule has 1 unspecified atom stereocenters. The van der Waals surface area contributed by atoms with E-state index in [1.54, 1.807) is 0 Å². The molecule has 1 atom stereocenters. The zero-order chi connectivity index (χ0) is 15.0. The number of amides is 1. The molecule has 0 bridgehead atoms. The lowest BCUT2D eigenvalue weighted by molar-refractivity contribution is 0.0926. The second-order valence-electron chi connectivity index (χ2n) is 5.81. The van der Waals surface area contributed by atoms with Crippen molar-refractivity contribution in [3.63, 3.8) is 0 Å². The Hall–Kier alpha value is -1.55. The molecule has 1 aromatic heterocycles. The number of hydrogen-bond acceptors (Lipinski definition) is 1. The number of fused-ring (bicyclic) bond motifs is 1. The van der Waals surface area contributed by atoms with Crippen LogP contribution >= 0.6 is 15.9 Å². The molecular formula is C17H19BrN2O. The van der Waals surface area contributed by atoms with Crippen molar-refractivity contribution in [3.05, 3.63) is 57.8 Å². The maximum atomic E-state index is 12.6. The molecule has 0 saturated heterocycles. The second kappa shape index (κ2) is 5.68.